The molecule has 1 aliphatic carbocycles. The zero-order valence-corrected chi connectivity index (χ0v) is 13.2. The van der Waals surface area contributed by atoms with Crippen molar-refractivity contribution >= 4 is 0 Å². The van der Waals surface area contributed by atoms with Crippen LogP contribution in [0.25, 0.3) is 0 Å². The van der Waals surface area contributed by atoms with E-state index in [2.05, 4.69) is 38.0 Å². The van der Waals surface area contributed by atoms with E-state index in [0.29, 0.717) is 24.2 Å². The minimum Gasteiger partial charge on any atom is -0.376 e. The van der Waals surface area contributed by atoms with Gasteiger partial charge in [-0.1, -0.05) is 19.8 Å². The molecule has 0 aromatic carbocycles. The van der Waals surface area contributed by atoms with Crippen molar-refractivity contribution in [2.24, 2.45) is 5.92 Å². The summed E-state index contributed by atoms with van der Waals surface area (Å²) < 4.78 is 5.79. The van der Waals surface area contributed by atoms with Crippen LogP contribution in [0.2, 0.25) is 0 Å². The highest BCUT2D eigenvalue weighted by molar-refractivity contribution is 4.94. The third kappa shape index (κ3) is 3.71. The molecule has 112 valence electrons. The van der Waals surface area contributed by atoms with Crippen LogP contribution in [0, 0.1) is 5.92 Å². The van der Waals surface area contributed by atoms with Crippen LogP contribution in [0.5, 0.6) is 0 Å². The molecule has 3 nitrogen and oxygen atoms in total. The van der Waals surface area contributed by atoms with Crippen LogP contribution in [0.1, 0.15) is 52.9 Å². The molecule has 0 radical (unpaired) electrons. The Bertz CT molecular complexity index is 271. The summed E-state index contributed by atoms with van der Waals surface area (Å²) in [5, 5.41) is 3.57. The number of hydrogen-bond donors (Lipinski definition) is 1. The largest absolute Gasteiger partial charge is 0.376 e. The first-order valence-electron chi connectivity index (χ1n) is 8.20. The fraction of sp³-hybridized carbons (Fsp3) is 1.00. The molecule has 1 N–H and O–H groups in total. The van der Waals surface area contributed by atoms with E-state index in [9.17, 15) is 0 Å². The average Bonchev–Trinajstić information content (AvgIpc) is 2.42. The van der Waals surface area contributed by atoms with Crippen molar-refractivity contribution in [3.8, 4) is 0 Å². The monoisotopic (exact) mass is 268 g/mol. The zero-order valence-electron chi connectivity index (χ0n) is 13.2. The van der Waals surface area contributed by atoms with E-state index in [0.717, 1.165) is 19.1 Å². The molecule has 0 bridgehead atoms. The Balaban J connectivity index is 2.03. The van der Waals surface area contributed by atoms with E-state index >= 15 is 0 Å². The molecule has 1 saturated carbocycles. The summed E-state index contributed by atoms with van der Waals surface area (Å²) in [5.41, 5.74) is 0. The summed E-state index contributed by atoms with van der Waals surface area (Å²) >= 11 is 0. The molecule has 0 amide bonds. The molecule has 3 heteroatoms. The predicted molar refractivity (Wildman–Crippen MR) is 80.5 cm³/mol. The van der Waals surface area contributed by atoms with Crippen molar-refractivity contribution in [3.05, 3.63) is 0 Å². The molecule has 1 aliphatic heterocycles. The van der Waals surface area contributed by atoms with Gasteiger partial charge >= 0.3 is 0 Å². The second-order valence-corrected chi connectivity index (χ2v) is 6.62. The van der Waals surface area contributed by atoms with E-state index in [4.69, 9.17) is 4.74 Å². The van der Waals surface area contributed by atoms with Crippen LogP contribution < -0.4 is 5.32 Å². The van der Waals surface area contributed by atoms with E-state index in [-0.39, 0.29) is 0 Å². The van der Waals surface area contributed by atoms with Gasteiger partial charge in [-0.15, -0.1) is 0 Å². The average molecular weight is 268 g/mol. The van der Waals surface area contributed by atoms with Gasteiger partial charge in [0.05, 0.1) is 12.7 Å². The maximum absolute atomic E-state index is 5.79. The van der Waals surface area contributed by atoms with Crippen LogP contribution in [0.15, 0.2) is 0 Å². The molecule has 2 rings (SSSR count). The summed E-state index contributed by atoms with van der Waals surface area (Å²) in [7, 11) is 2.13. The predicted octanol–water partition coefficient (Wildman–Crippen LogP) is 2.65. The molecule has 0 aromatic rings. The smallest absolute Gasteiger partial charge is 0.0674 e. The molecule has 1 heterocycles. The Morgan fingerprint density at radius 1 is 1.26 bits per heavy atom. The number of ether oxygens (including phenoxy) is 1. The summed E-state index contributed by atoms with van der Waals surface area (Å²) in [6.45, 7) is 8.84. The third-order valence-corrected chi connectivity index (χ3v) is 5.07. The van der Waals surface area contributed by atoms with Crippen molar-refractivity contribution in [1.29, 1.82) is 0 Å². The van der Waals surface area contributed by atoms with Crippen LogP contribution >= 0.6 is 0 Å². The van der Waals surface area contributed by atoms with Crippen molar-refractivity contribution in [2.75, 3.05) is 20.2 Å². The van der Waals surface area contributed by atoms with Gasteiger partial charge in [0.25, 0.3) is 0 Å². The van der Waals surface area contributed by atoms with Gasteiger partial charge in [0.2, 0.25) is 0 Å². The lowest BCUT2D eigenvalue weighted by atomic mass is 9.79. The number of likely N-dealkylation sites (N-methyl/N-ethyl adjacent to an activating group) is 1. The molecule has 0 aromatic heterocycles. The van der Waals surface area contributed by atoms with Gasteiger partial charge in [-0.2, -0.15) is 0 Å². The van der Waals surface area contributed by atoms with Crippen molar-refractivity contribution in [1.82, 2.24) is 10.2 Å². The molecular formula is C16H32N2O. The molecule has 5 unspecified atom stereocenters. The number of hydrogen-bond acceptors (Lipinski definition) is 3. The second kappa shape index (κ2) is 7.05. The van der Waals surface area contributed by atoms with E-state index in [1.807, 2.05) is 0 Å². The molecule has 2 fully saturated rings. The first-order valence-corrected chi connectivity index (χ1v) is 8.20. The quantitative estimate of drug-likeness (QED) is 0.848. The van der Waals surface area contributed by atoms with E-state index < -0.39 is 0 Å². The fourth-order valence-electron chi connectivity index (χ4n) is 4.00. The summed E-state index contributed by atoms with van der Waals surface area (Å²) in [5.74, 6) is 0.935. The first-order chi connectivity index (χ1) is 9.15. The van der Waals surface area contributed by atoms with Crippen molar-refractivity contribution < 1.29 is 4.74 Å². The Morgan fingerprint density at radius 2 is 2.05 bits per heavy atom. The Kier molecular flexibility index (Phi) is 5.67. The molecule has 2 aliphatic rings. The van der Waals surface area contributed by atoms with Crippen LogP contribution in [-0.2, 0) is 4.74 Å². The highest BCUT2D eigenvalue weighted by Gasteiger charge is 2.37. The van der Waals surface area contributed by atoms with Crippen molar-refractivity contribution in [3.63, 3.8) is 0 Å². The summed E-state index contributed by atoms with van der Waals surface area (Å²) in [6, 6.07) is 1.94. The van der Waals surface area contributed by atoms with Gasteiger partial charge in [-0.25, -0.2) is 0 Å². The molecule has 0 spiro atoms. The van der Waals surface area contributed by atoms with Gasteiger partial charge in [-0.05, 0) is 46.1 Å². The highest BCUT2D eigenvalue weighted by Crippen LogP contribution is 2.33. The van der Waals surface area contributed by atoms with Gasteiger partial charge in [0.1, 0.15) is 0 Å². The highest BCUT2D eigenvalue weighted by atomic mass is 16.5. The van der Waals surface area contributed by atoms with Gasteiger partial charge < -0.3 is 10.1 Å². The first kappa shape index (κ1) is 15.3. The Morgan fingerprint density at radius 3 is 2.74 bits per heavy atom. The summed E-state index contributed by atoms with van der Waals surface area (Å²) in [6.07, 6.45) is 7.24. The normalized spacial score (nSPS) is 41.4. The SMILES string of the molecule is CCCC1CCC(NC)C(N2CC(C)OCC2C)C1. The van der Waals surface area contributed by atoms with Crippen LogP contribution in [0.3, 0.4) is 0 Å². The fourth-order valence-corrected chi connectivity index (χ4v) is 4.00. The standard InChI is InChI=1S/C16H32N2O/c1-5-6-14-7-8-15(17-4)16(9-14)18-10-13(3)19-11-12(18)2/h12-17H,5-11H2,1-4H3. The van der Waals surface area contributed by atoms with E-state index in [1.54, 1.807) is 0 Å². The lowest BCUT2D eigenvalue weighted by molar-refractivity contribution is -0.0796. The van der Waals surface area contributed by atoms with Crippen molar-refractivity contribution in [2.45, 2.75) is 77.1 Å². The second-order valence-electron chi connectivity index (χ2n) is 6.62. The molecule has 1 saturated heterocycles. The maximum atomic E-state index is 5.79. The Labute approximate surface area is 119 Å². The minimum atomic E-state index is 0.389. The number of nitrogens with zero attached hydrogens (tertiary/aromatic N) is 1. The number of nitrogens with one attached hydrogen (secondary N) is 1. The van der Waals surface area contributed by atoms with Gasteiger partial charge in [0.15, 0.2) is 0 Å². The molecular weight excluding hydrogens is 236 g/mol. The topological polar surface area (TPSA) is 24.5 Å². The van der Waals surface area contributed by atoms with Gasteiger partial charge in [-0.3, -0.25) is 4.90 Å². The van der Waals surface area contributed by atoms with Gasteiger partial charge in [0, 0.05) is 24.7 Å². The lowest BCUT2D eigenvalue weighted by Gasteiger charge is -2.48. The van der Waals surface area contributed by atoms with Crippen LogP contribution in [-0.4, -0.2) is 49.3 Å². The summed E-state index contributed by atoms with van der Waals surface area (Å²) in [4.78, 5) is 2.72. The lowest BCUT2D eigenvalue weighted by Crippen LogP contribution is -2.59. The maximum Gasteiger partial charge on any atom is 0.0674 e. The molecule has 5 atom stereocenters. The van der Waals surface area contributed by atoms with E-state index in [1.165, 1.54) is 32.1 Å². The number of morpholine rings is 1. The Hall–Kier alpha value is -0.120. The zero-order chi connectivity index (χ0) is 13.8. The minimum absolute atomic E-state index is 0.389. The van der Waals surface area contributed by atoms with Crippen LogP contribution in [0.4, 0.5) is 0 Å². The third-order valence-electron chi connectivity index (χ3n) is 5.07. The molecule has 19 heavy (non-hydrogen) atoms. The number of rotatable bonds is 4.